The van der Waals surface area contributed by atoms with Gasteiger partial charge in [-0.05, 0) is 74.7 Å². The quantitative estimate of drug-likeness (QED) is 0.0941. The van der Waals surface area contributed by atoms with Crippen molar-refractivity contribution in [2.24, 2.45) is 5.92 Å². The Kier molecular flexibility index (Phi) is 15.7. The van der Waals surface area contributed by atoms with E-state index in [2.05, 4.69) is 10.6 Å². The first kappa shape index (κ1) is 40.0. The Morgan fingerprint density at radius 2 is 1.44 bits per heavy atom. The number of hydrogen-bond acceptors (Lipinski definition) is 9. The Balaban J connectivity index is 1.78. The lowest BCUT2D eigenvalue weighted by Crippen LogP contribution is -2.50. The molecule has 0 saturated carbocycles. The molecule has 0 bridgehead atoms. The van der Waals surface area contributed by atoms with E-state index < -0.39 is 46.0 Å². The number of nitrogens with zero attached hydrogens (tertiary/aromatic N) is 2. The topological polar surface area (TPSA) is 160 Å². The average molecular weight is 710 g/mol. The maximum atomic E-state index is 13.9. The molecule has 0 radical (unpaired) electrons. The number of unbranched alkanes of at least 4 members (excludes halogenated alkanes) is 1. The summed E-state index contributed by atoms with van der Waals surface area (Å²) in [6, 6.07) is 23.3. The molecule has 2 amide bonds. The van der Waals surface area contributed by atoms with Gasteiger partial charge in [0, 0.05) is 24.7 Å². The molecule has 3 aromatic rings. The zero-order valence-corrected chi connectivity index (χ0v) is 30.4. The zero-order chi connectivity index (χ0) is 36.7. The van der Waals surface area contributed by atoms with Gasteiger partial charge in [0.1, 0.15) is 12.6 Å². The number of ether oxygens (including phenoxy) is 2. The lowest BCUT2D eigenvalue weighted by atomic mass is 9.84. The number of sulfonamides is 1. The highest BCUT2D eigenvalue weighted by Crippen LogP contribution is 2.29. The number of nitrogens with one attached hydrogen (secondary N) is 2. The van der Waals surface area contributed by atoms with E-state index in [1.807, 2.05) is 74.5 Å². The van der Waals surface area contributed by atoms with E-state index in [-0.39, 0.29) is 37.1 Å². The summed E-state index contributed by atoms with van der Waals surface area (Å²) in [4.78, 5) is 40.5. The summed E-state index contributed by atoms with van der Waals surface area (Å²) in [5.41, 5.74) is 7.95. The number of esters is 1. The number of likely N-dealkylation sites (N-methyl/N-ethyl adjacent to an activating group) is 1. The van der Waals surface area contributed by atoms with Crippen molar-refractivity contribution in [2.75, 3.05) is 53.2 Å². The summed E-state index contributed by atoms with van der Waals surface area (Å²) < 4.78 is 39.7. The molecule has 3 aromatic carbocycles. The highest BCUT2D eigenvalue weighted by molar-refractivity contribution is 7.89. The van der Waals surface area contributed by atoms with E-state index in [1.165, 1.54) is 35.7 Å². The Bertz CT molecular complexity index is 1560. The Hall–Kier alpha value is -4.46. The lowest BCUT2D eigenvalue weighted by Gasteiger charge is -2.32. The fourth-order valence-electron chi connectivity index (χ4n) is 5.59. The van der Waals surface area contributed by atoms with E-state index in [9.17, 15) is 22.8 Å². The molecule has 0 aliphatic heterocycles. The number of methoxy groups -OCH3 is 1. The number of nitrogens with two attached hydrogens (primary N) is 1. The SMILES string of the molecule is COC(=O)NC(C(=O)NCCCC[C@@H](COC(=O)CN(C)C)N(CC(C)C)S(=O)(=O)c1ccc(N)cc1)C(c1ccccc1)c1ccccc1. The van der Waals surface area contributed by atoms with Gasteiger partial charge in [-0.1, -0.05) is 74.5 Å². The van der Waals surface area contributed by atoms with Crippen LogP contribution in [0.4, 0.5) is 10.5 Å². The number of rotatable bonds is 19. The van der Waals surface area contributed by atoms with Crippen LogP contribution in [-0.4, -0.2) is 95.1 Å². The highest BCUT2D eigenvalue weighted by atomic mass is 32.2. The number of anilines is 1. The Morgan fingerprint density at radius 3 is 1.96 bits per heavy atom. The minimum atomic E-state index is -3.97. The second-order valence-corrected chi connectivity index (χ2v) is 14.7. The molecule has 272 valence electrons. The zero-order valence-electron chi connectivity index (χ0n) is 29.6. The van der Waals surface area contributed by atoms with Crippen LogP contribution in [0.2, 0.25) is 0 Å². The van der Waals surface area contributed by atoms with Crippen molar-refractivity contribution < 1.29 is 32.3 Å². The van der Waals surface area contributed by atoms with Crippen LogP contribution >= 0.6 is 0 Å². The fraction of sp³-hybridized carbons (Fsp3) is 0.432. The Labute approximate surface area is 296 Å². The number of nitrogen functional groups attached to an aromatic ring is 1. The first-order valence-electron chi connectivity index (χ1n) is 16.7. The van der Waals surface area contributed by atoms with E-state index in [0.717, 1.165) is 11.1 Å². The van der Waals surface area contributed by atoms with Crippen molar-refractivity contribution >= 4 is 33.7 Å². The maximum Gasteiger partial charge on any atom is 0.407 e. The Morgan fingerprint density at radius 1 is 0.860 bits per heavy atom. The van der Waals surface area contributed by atoms with Gasteiger partial charge >= 0.3 is 12.1 Å². The van der Waals surface area contributed by atoms with Crippen LogP contribution in [0.3, 0.4) is 0 Å². The van der Waals surface area contributed by atoms with Crippen LogP contribution in [0.1, 0.15) is 50.2 Å². The number of alkyl carbamates (subject to hydrolysis) is 1. The molecule has 4 N–H and O–H groups in total. The maximum absolute atomic E-state index is 13.9. The first-order chi connectivity index (χ1) is 23.8. The van der Waals surface area contributed by atoms with Crippen molar-refractivity contribution in [3.8, 4) is 0 Å². The van der Waals surface area contributed by atoms with E-state index in [4.69, 9.17) is 15.2 Å². The molecule has 0 spiro atoms. The van der Waals surface area contributed by atoms with Crippen molar-refractivity contribution in [3.63, 3.8) is 0 Å². The molecule has 50 heavy (non-hydrogen) atoms. The van der Waals surface area contributed by atoms with Gasteiger partial charge in [-0.3, -0.25) is 14.5 Å². The largest absolute Gasteiger partial charge is 0.463 e. The smallest absolute Gasteiger partial charge is 0.407 e. The molecule has 0 aliphatic rings. The van der Waals surface area contributed by atoms with Crippen LogP contribution in [0.25, 0.3) is 0 Å². The molecule has 0 saturated heterocycles. The van der Waals surface area contributed by atoms with Crippen LogP contribution in [-0.2, 0) is 29.1 Å². The summed E-state index contributed by atoms with van der Waals surface area (Å²) in [6.07, 6.45) is 0.642. The van der Waals surface area contributed by atoms with Crippen LogP contribution in [0, 0.1) is 5.92 Å². The second-order valence-electron chi connectivity index (χ2n) is 12.8. The summed E-state index contributed by atoms with van der Waals surface area (Å²) >= 11 is 0. The van der Waals surface area contributed by atoms with Crippen molar-refractivity contribution in [1.82, 2.24) is 19.8 Å². The molecule has 0 fully saturated rings. The predicted octanol–water partition coefficient (Wildman–Crippen LogP) is 4.23. The van der Waals surface area contributed by atoms with Gasteiger partial charge in [0.2, 0.25) is 15.9 Å². The predicted molar refractivity (Wildman–Crippen MR) is 194 cm³/mol. The summed E-state index contributed by atoms with van der Waals surface area (Å²) in [5, 5.41) is 5.68. The van der Waals surface area contributed by atoms with Gasteiger partial charge in [0.05, 0.1) is 24.6 Å². The molecule has 0 heterocycles. The van der Waals surface area contributed by atoms with E-state index in [0.29, 0.717) is 24.9 Å². The van der Waals surface area contributed by atoms with Gasteiger partial charge in [-0.2, -0.15) is 4.31 Å². The molecular formula is C37H51N5O7S. The molecule has 13 heteroatoms. The van der Waals surface area contributed by atoms with Crippen LogP contribution in [0.15, 0.2) is 89.8 Å². The average Bonchev–Trinajstić information content (AvgIpc) is 3.08. The van der Waals surface area contributed by atoms with Gasteiger partial charge in [0.25, 0.3) is 0 Å². The molecule has 12 nitrogen and oxygen atoms in total. The number of hydrogen-bond donors (Lipinski definition) is 3. The summed E-state index contributed by atoms with van der Waals surface area (Å²) in [5.74, 6) is -1.37. The van der Waals surface area contributed by atoms with Crippen LogP contribution < -0.4 is 16.4 Å². The lowest BCUT2D eigenvalue weighted by molar-refractivity contribution is -0.145. The third-order valence-electron chi connectivity index (χ3n) is 7.98. The van der Waals surface area contributed by atoms with Gasteiger partial charge in [0.15, 0.2) is 0 Å². The minimum absolute atomic E-state index is 0.0146. The number of benzene rings is 3. The normalized spacial score (nSPS) is 12.9. The molecule has 0 aliphatic carbocycles. The number of carbonyl (C=O) groups excluding carboxylic acids is 3. The van der Waals surface area contributed by atoms with Crippen molar-refractivity contribution in [1.29, 1.82) is 0 Å². The van der Waals surface area contributed by atoms with Gasteiger partial charge in [-0.25, -0.2) is 13.2 Å². The fourth-order valence-corrected chi connectivity index (χ4v) is 7.40. The summed E-state index contributed by atoms with van der Waals surface area (Å²) in [6.45, 7) is 4.25. The molecule has 2 atom stereocenters. The molecular weight excluding hydrogens is 659 g/mol. The van der Waals surface area contributed by atoms with E-state index >= 15 is 0 Å². The highest BCUT2D eigenvalue weighted by Gasteiger charge is 2.34. The number of carbonyl (C=O) groups is 3. The van der Waals surface area contributed by atoms with E-state index in [1.54, 1.807) is 19.0 Å². The van der Waals surface area contributed by atoms with Gasteiger partial charge < -0.3 is 25.8 Å². The third-order valence-corrected chi connectivity index (χ3v) is 9.91. The second kappa shape index (κ2) is 19.7. The van der Waals surface area contributed by atoms with Crippen molar-refractivity contribution in [3.05, 3.63) is 96.1 Å². The minimum Gasteiger partial charge on any atom is -0.463 e. The molecule has 0 aromatic heterocycles. The number of amides is 2. The third kappa shape index (κ3) is 12.1. The molecule has 3 rings (SSSR count). The summed E-state index contributed by atoms with van der Waals surface area (Å²) in [7, 11) is 0.766. The van der Waals surface area contributed by atoms with Gasteiger partial charge in [-0.15, -0.1) is 0 Å². The standard InChI is InChI=1S/C37H51N5O7S/c1-27(2)24-42(50(46,47)32-21-19-30(38)20-22-32)31(26-49-33(43)25-41(3)4)18-12-13-23-39-36(44)35(40-37(45)48-5)34(28-14-8-6-9-15-28)29-16-10-7-11-17-29/h6-11,14-17,19-22,27,31,34-35H,12-13,18,23-26,38H2,1-5H3,(H,39,44)(H,40,45)/t31-,35?/m0/s1. The molecule has 1 unspecified atom stereocenters. The van der Waals surface area contributed by atoms with Crippen molar-refractivity contribution in [2.45, 2.75) is 56.0 Å². The first-order valence-corrected chi connectivity index (χ1v) is 18.2. The monoisotopic (exact) mass is 709 g/mol. The van der Waals surface area contributed by atoms with Crippen LogP contribution in [0.5, 0.6) is 0 Å².